The van der Waals surface area contributed by atoms with Gasteiger partial charge in [0.2, 0.25) is 0 Å². The molecule has 3 nitrogen and oxygen atoms in total. The van der Waals surface area contributed by atoms with Crippen LogP contribution >= 0.6 is 0 Å². The first-order valence-corrected chi connectivity index (χ1v) is 5.53. The standard InChI is InChI=1S/C12H14FNO2/c13-10-4-2-1-3-9(10)11-5-6-16-12(14-11)7-15-8-12/h1-4,11,14H,5-8H2. The molecule has 1 aromatic rings. The van der Waals surface area contributed by atoms with Crippen molar-refractivity contribution in [2.24, 2.45) is 0 Å². The van der Waals surface area contributed by atoms with E-state index in [0.29, 0.717) is 19.8 Å². The molecule has 0 aromatic heterocycles. The second kappa shape index (κ2) is 3.80. The van der Waals surface area contributed by atoms with Crippen molar-refractivity contribution in [2.75, 3.05) is 19.8 Å². The van der Waals surface area contributed by atoms with Gasteiger partial charge in [-0.05, 0) is 12.5 Å². The molecule has 0 radical (unpaired) electrons. The first-order chi connectivity index (χ1) is 7.79. The number of halogens is 1. The topological polar surface area (TPSA) is 30.5 Å². The summed E-state index contributed by atoms with van der Waals surface area (Å²) in [5, 5.41) is 3.34. The molecule has 2 heterocycles. The molecule has 3 rings (SSSR count). The van der Waals surface area contributed by atoms with Gasteiger partial charge in [0.15, 0.2) is 5.72 Å². The molecule has 1 unspecified atom stereocenters. The van der Waals surface area contributed by atoms with Crippen molar-refractivity contribution in [3.8, 4) is 0 Å². The van der Waals surface area contributed by atoms with Crippen LogP contribution in [-0.2, 0) is 9.47 Å². The Morgan fingerprint density at radius 3 is 2.81 bits per heavy atom. The summed E-state index contributed by atoms with van der Waals surface area (Å²) >= 11 is 0. The van der Waals surface area contributed by atoms with E-state index < -0.39 is 0 Å². The van der Waals surface area contributed by atoms with Gasteiger partial charge in [0.05, 0.1) is 19.8 Å². The third kappa shape index (κ3) is 1.63. The second-order valence-corrected chi connectivity index (χ2v) is 4.34. The highest BCUT2D eigenvalue weighted by Gasteiger charge is 2.44. The van der Waals surface area contributed by atoms with Crippen LogP contribution in [0.4, 0.5) is 4.39 Å². The second-order valence-electron chi connectivity index (χ2n) is 4.34. The van der Waals surface area contributed by atoms with Crippen LogP contribution < -0.4 is 5.32 Å². The van der Waals surface area contributed by atoms with Gasteiger partial charge >= 0.3 is 0 Å². The summed E-state index contributed by atoms with van der Waals surface area (Å²) in [5.41, 5.74) is 0.350. The van der Waals surface area contributed by atoms with Crippen molar-refractivity contribution in [2.45, 2.75) is 18.2 Å². The third-order valence-electron chi connectivity index (χ3n) is 3.17. The summed E-state index contributed by atoms with van der Waals surface area (Å²) in [5.74, 6) is -0.155. The van der Waals surface area contributed by atoms with Crippen LogP contribution in [0.3, 0.4) is 0 Å². The van der Waals surface area contributed by atoms with E-state index in [1.807, 2.05) is 12.1 Å². The van der Waals surface area contributed by atoms with Crippen LogP contribution in [0.25, 0.3) is 0 Å². The summed E-state index contributed by atoms with van der Waals surface area (Å²) in [4.78, 5) is 0. The lowest BCUT2D eigenvalue weighted by molar-refractivity contribution is -0.247. The summed E-state index contributed by atoms with van der Waals surface area (Å²) in [6.07, 6.45) is 0.794. The lowest BCUT2D eigenvalue weighted by Gasteiger charge is -2.47. The number of hydrogen-bond donors (Lipinski definition) is 1. The Bertz CT molecular complexity index is 392. The summed E-state index contributed by atoms with van der Waals surface area (Å²) < 4.78 is 24.4. The molecule has 0 bridgehead atoms. The molecule has 86 valence electrons. The van der Waals surface area contributed by atoms with Gasteiger partial charge in [0.25, 0.3) is 0 Å². The minimum atomic E-state index is -0.370. The average molecular weight is 223 g/mol. The molecular weight excluding hydrogens is 209 g/mol. The summed E-state index contributed by atoms with van der Waals surface area (Å²) in [7, 11) is 0. The Morgan fingerprint density at radius 1 is 1.31 bits per heavy atom. The number of ether oxygens (including phenoxy) is 2. The molecular formula is C12H14FNO2. The number of rotatable bonds is 1. The van der Waals surface area contributed by atoms with Gasteiger partial charge in [-0.3, -0.25) is 5.32 Å². The zero-order valence-electron chi connectivity index (χ0n) is 8.91. The Kier molecular flexibility index (Phi) is 2.42. The lowest BCUT2D eigenvalue weighted by Crippen LogP contribution is -2.65. The predicted molar refractivity (Wildman–Crippen MR) is 56.4 cm³/mol. The van der Waals surface area contributed by atoms with Crippen molar-refractivity contribution < 1.29 is 13.9 Å². The minimum Gasteiger partial charge on any atom is -0.372 e. The number of nitrogens with one attached hydrogen (secondary N) is 1. The maximum atomic E-state index is 13.6. The van der Waals surface area contributed by atoms with Crippen molar-refractivity contribution in [1.29, 1.82) is 0 Å². The molecule has 4 heteroatoms. The van der Waals surface area contributed by atoms with Crippen molar-refractivity contribution in [1.82, 2.24) is 5.32 Å². The third-order valence-corrected chi connectivity index (χ3v) is 3.17. The molecule has 2 saturated heterocycles. The Labute approximate surface area is 93.6 Å². The van der Waals surface area contributed by atoms with Crippen LogP contribution in [0.15, 0.2) is 24.3 Å². The summed E-state index contributed by atoms with van der Waals surface area (Å²) in [6.45, 7) is 1.76. The Morgan fingerprint density at radius 2 is 2.12 bits per heavy atom. The van der Waals surface area contributed by atoms with E-state index in [9.17, 15) is 4.39 Å². The van der Waals surface area contributed by atoms with E-state index >= 15 is 0 Å². The minimum absolute atomic E-state index is 0.0267. The molecule has 0 amide bonds. The fourth-order valence-corrected chi connectivity index (χ4v) is 2.25. The van der Waals surface area contributed by atoms with Crippen molar-refractivity contribution in [3.63, 3.8) is 0 Å². The predicted octanol–water partition coefficient (Wildman–Crippen LogP) is 1.60. The van der Waals surface area contributed by atoms with E-state index in [0.717, 1.165) is 12.0 Å². The molecule has 1 atom stereocenters. The fourth-order valence-electron chi connectivity index (χ4n) is 2.25. The molecule has 2 aliphatic rings. The molecule has 1 N–H and O–H groups in total. The highest BCUT2D eigenvalue weighted by molar-refractivity contribution is 5.22. The van der Waals surface area contributed by atoms with E-state index in [-0.39, 0.29) is 17.6 Å². The van der Waals surface area contributed by atoms with Crippen LogP contribution in [0.2, 0.25) is 0 Å². The van der Waals surface area contributed by atoms with Gasteiger partial charge in [-0.25, -0.2) is 4.39 Å². The average Bonchev–Trinajstić information content (AvgIpc) is 2.28. The van der Waals surface area contributed by atoms with E-state index in [4.69, 9.17) is 9.47 Å². The Balaban J connectivity index is 1.82. The van der Waals surface area contributed by atoms with Gasteiger partial charge in [-0.2, -0.15) is 0 Å². The quantitative estimate of drug-likeness (QED) is 0.784. The number of benzene rings is 1. The highest BCUT2D eigenvalue weighted by atomic mass is 19.1. The van der Waals surface area contributed by atoms with Gasteiger partial charge in [0, 0.05) is 11.6 Å². The largest absolute Gasteiger partial charge is 0.372 e. The monoisotopic (exact) mass is 223 g/mol. The SMILES string of the molecule is Fc1ccccc1C1CCOC2(COC2)N1. The van der Waals surface area contributed by atoms with Crippen LogP contribution in [-0.4, -0.2) is 25.5 Å². The zero-order valence-corrected chi connectivity index (χ0v) is 8.91. The first kappa shape index (κ1) is 10.2. The molecule has 2 aliphatic heterocycles. The molecule has 16 heavy (non-hydrogen) atoms. The van der Waals surface area contributed by atoms with Crippen LogP contribution in [0, 0.1) is 5.82 Å². The van der Waals surface area contributed by atoms with Crippen LogP contribution in [0.5, 0.6) is 0 Å². The first-order valence-electron chi connectivity index (χ1n) is 5.53. The van der Waals surface area contributed by atoms with E-state index in [1.54, 1.807) is 6.07 Å². The molecule has 0 aliphatic carbocycles. The smallest absolute Gasteiger partial charge is 0.166 e. The molecule has 1 aromatic carbocycles. The van der Waals surface area contributed by atoms with Gasteiger partial charge in [-0.1, -0.05) is 18.2 Å². The normalized spacial score (nSPS) is 27.7. The zero-order chi connectivity index (χ0) is 11.0. The van der Waals surface area contributed by atoms with E-state index in [1.165, 1.54) is 6.07 Å². The summed E-state index contributed by atoms with van der Waals surface area (Å²) in [6, 6.07) is 6.92. The van der Waals surface area contributed by atoms with Crippen LogP contribution in [0.1, 0.15) is 18.0 Å². The van der Waals surface area contributed by atoms with Crippen molar-refractivity contribution >= 4 is 0 Å². The maximum absolute atomic E-state index is 13.6. The van der Waals surface area contributed by atoms with Gasteiger partial charge < -0.3 is 9.47 Å². The molecule has 1 spiro atoms. The number of hydrogen-bond acceptors (Lipinski definition) is 3. The fraction of sp³-hybridized carbons (Fsp3) is 0.500. The lowest BCUT2D eigenvalue weighted by atomic mass is 9.98. The highest BCUT2D eigenvalue weighted by Crippen LogP contribution is 2.31. The van der Waals surface area contributed by atoms with Crippen molar-refractivity contribution in [3.05, 3.63) is 35.6 Å². The van der Waals surface area contributed by atoms with E-state index in [2.05, 4.69) is 5.32 Å². The van der Waals surface area contributed by atoms with Gasteiger partial charge in [-0.15, -0.1) is 0 Å². The molecule has 0 saturated carbocycles. The molecule has 2 fully saturated rings. The van der Waals surface area contributed by atoms with Gasteiger partial charge in [0.1, 0.15) is 5.82 Å². The maximum Gasteiger partial charge on any atom is 0.166 e. The Hall–Kier alpha value is -0.970.